The molecule has 11 nitrogen and oxygen atoms in total. The molecule has 0 aliphatic carbocycles. The van der Waals surface area contributed by atoms with E-state index in [4.69, 9.17) is 34.8 Å². The van der Waals surface area contributed by atoms with Crippen molar-refractivity contribution in [1.29, 1.82) is 0 Å². The molecule has 1 saturated heterocycles. The lowest BCUT2D eigenvalue weighted by Gasteiger charge is -2.47. The molecule has 3 rings (SSSR count). The van der Waals surface area contributed by atoms with Gasteiger partial charge in [-0.25, -0.2) is 9.59 Å². The van der Waals surface area contributed by atoms with Crippen LogP contribution in [-0.4, -0.2) is 53.6 Å². The van der Waals surface area contributed by atoms with Gasteiger partial charge in [0.05, 0.1) is 11.0 Å². The lowest BCUT2D eigenvalue weighted by molar-refractivity contribution is -0.304. The average Bonchev–Trinajstić information content (AvgIpc) is 2.66. The Kier molecular flexibility index (Phi) is 6.96. The molecule has 2 aromatic rings. The summed E-state index contributed by atoms with van der Waals surface area (Å²) in [6.45, 7) is 4.94. The Balaban J connectivity index is 0.00000341. The number of fused-ring (bicyclic) bond motifs is 1. The predicted octanol–water partition coefficient (Wildman–Crippen LogP) is 1.16. The first-order chi connectivity index (χ1) is 14.0. The van der Waals surface area contributed by atoms with Crippen LogP contribution in [0.2, 0.25) is 0 Å². The van der Waals surface area contributed by atoms with Gasteiger partial charge in [0.25, 0.3) is 0 Å². The Labute approximate surface area is 183 Å². The number of aliphatic hydroxyl groups excluding tert-OH is 1. The summed E-state index contributed by atoms with van der Waals surface area (Å²) in [7, 11) is 1.38. The molecule has 1 aromatic carbocycles. The Morgan fingerprint density at radius 1 is 1.29 bits per heavy atom. The highest BCUT2D eigenvalue weighted by Crippen LogP contribution is 2.37. The van der Waals surface area contributed by atoms with Crippen LogP contribution in [0, 0.1) is 6.92 Å². The number of benzene rings is 1. The van der Waals surface area contributed by atoms with Crippen molar-refractivity contribution in [2.75, 3.05) is 12.8 Å². The normalized spacial score (nSPS) is 24.9. The average molecular weight is 461 g/mol. The van der Waals surface area contributed by atoms with Crippen molar-refractivity contribution < 1.29 is 38.4 Å². The number of carbonyl (C=O) groups is 1. The number of halogens is 1. The number of methoxy groups -OCH3 is 1. The third-order valence-electron chi connectivity index (χ3n) is 5.05. The van der Waals surface area contributed by atoms with Gasteiger partial charge in [0.1, 0.15) is 17.4 Å². The van der Waals surface area contributed by atoms with Gasteiger partial charge in [-0.1, -0.05) is 0 Å². The smallest absolute Gasteiger partial charge is 0.404 e. The molecule has 2 heterocycles. The van der Waals surface area contributed by atoms with Gasteiger partial charge < -0.3 is 45.0 Å². The van der Waals surface area contributed by atoms with Crippen molar-refractivity contribution in [1.82, 2.24) is 0 Å². The first-order valence-electron chi connectivity index (χ1n) is 9.04. The SMILES string of the molecule is CO[C@@H]1[C@@H](OC(N)=O)[C@@H](O)[C@H](Oc2ccc3c(O)c(N)c(=O)oc3c2C)OC1(C)C.Cl. The third-order valence-corrected chi connectivity index (χ3v) is 5.05. The van der Waals surface area contributed by atoms with Crippen LogP contribution in [0.15, 0.2) is 21.3 Å². The lowest BCUT2D eigenvalue weighted by Crippen LogP contribution is -2.65. The maximum absolute atomic E-state index is 11.8. The largest absolute Gasteiger partial charge is 0.505 e. The van der Waals surface area contributed by atoms with Crippen molar-refractivity contribution in [3.63, 3.8) is 0 Å². The van der Waals surface area contributed by atoms with Crippen molar-refractivity contribution in [3.8, 4) is 11.5 Å². The molecule has 0 spiro atoms. The Bertz CT molecular complexity index is 1040. The summed E-state index contributed by atoms with van der Waals surface area (Å²) in [4.78, 5) is 23.1. The molecule has 12 heteroatoms. The van der Waals surface area contributed by atoms with Gasteiger partial charge in [0, 0.05) is 12.7 Å². The van der Waals surface area contributed by atoms with Crippen LogP contribution in [0.5, 0.6) is 11.5 Å². The van der Waals surface area contributed by atoms with Crippen LogP contribution in [0.3, 0.4) is 0 Å². The number of rotatable bonds is 4. The van der Waals surface area contributed by atoms with E-state index in [1.807, 2.05) is 0 Å². The van der Waals surface area contributed by atoms with E-state index in [-0.39, 0.29) is 29.1 Å². The predicted molar refractivity (Wildman–Crippen MR) is 111 cm³/mol. The minimum absolute atomic E-state index is 0. The molecule has 0 saturated carbocycles. The van der Waals surface area contributed by atoms with Crippen LogP contribution in [0.1, 0.15) is 19.4 Å². The second-order valence-electron chi connectivity index (χ2n) is 7.47. The number of nitrogens with two attached hydrogens (primary N) is 2. The molecule has 0 unspecified atom stereocenters. The Morgan fingerprint density at radius 2 is 1.94 bits per heavy atom. The van der Waals surface area contributed by atoms with E-state index in [0.717, 1.165) is 0 Å². The molecule has 1 aliphatic heterocycles. The topological polar surface area (TPSA) is 177 Å². The number of hydrogen-bond acceptors (Lipinski definition) is 10. The van der Waals surface area contributed by atoms with Gasteiger partial charge >= 0.3 is 11.7 Å². The number of aromatic hydroxyl groups is 1. The fourth-order valence-corrected chi connectivity index (χ4v) is 3.58. The van der Waals surface area contributed by atoms with Gasteiger partial charge in [-0.15, -0.1) is 12.4 Å². The second-order valence-corrected chi connectivity index (χ2v) is 7.47. The number of aliphatic hydroxyl groups is 1. The summed E-state index contributed by atoms with van der Waals surface area (Å²) >= 11 is 0. The fourth-order valence-electron chi connectivity index (χ4n) is 3.58. The summed E-state index contributed by atoms with van der Waals surface area (Å²) < 4.78 is 27.2. The van der Waals surface area contributed by atoms with E-state index in [2.05, 4.69) is 0 Å². The van der Waals surface area contributed by atoms with Crippen molar-refractivity contribution in [2.24, 2.45) is 5.73 Å². The number of carbonyl (C=O) groups excluding carboxylic acids is 1. The molecule has 4 atom stereocenters. The molecule has 1 fully saturated rings. The van der Waals surface area contributed by atoms with Crippen LogP contribution >= 0.6 is 12.4 Å². The molecule has 6 N–H and O–H groups in total. The van der Waals surface area contributed by atoms with Crippen molar-refractivity contribution in [2.45, 2.75) is 51.0 Å². The summed E-state index contributed by atoms with van der Waals surface area (Å²) in [6.07, 6.45) is -5.80. The summed E-state index contributed by atoms with van der Waals surface area (Å²) in [6, 6.07) is 2.94. The zero-order valence-electron chi connectivity index (χ0n) is 17.3. The van der Waals surface area contributed by atoms with Gasteiger partial charge in [-0.05, 0) is 32.9 Å². The first kappa shape index (κ1) is 24.5. The van der Waals surface area contributed by atoms with Crippen LogP contribution in [0.25, 0.3) is 11.0 Å². The van der Waals surface area contributed by atoms with E-state index < -0.39 is 53.4 Å². The number of primary amides is 1. The molecule has 1 aromatic heterocycles. The van der Waals surface area contributed by atoms with Gasteiger partial charge in [0.2, 0.25) is 6.29 Å². The molecule has 0 radical (unpaired) electrons. The van der Waals surface area contributed by atoms with E-state index in [1.54, 1.807) is 20.8 Å². The number of nitrogen functional groups attached to an aromatic ring is 1. The number of ether oxygens (including phenoxy) is 4. The number of hydrogen-bond donors (Lipinski definition) is 4. The molecule has 1 amide bonds. The monoisotopic (exact) mass is 460 g/mol. The molecular formula is C19H25ClN2O9. The molecule has 172 valence electrons. The summed E-state index contributed by atoms with van der Waals surface area (Å²) in [5, 5.41) is 21.0. The van der Waals surface area contributed by atoms with Crippen molar-refractivity contribution in [3.05, 3.63) is 28.1 Å². The third kappa shape index (κ3) is 4.35. The highest BCUT2D eigenvalue weighted by Gasteiger charge is 2.53. The summed E-state index contributed by atoms with van der Waals surface area (Å²) in [5.74, 6) is -0.202. The minimum Gasteiger partial charge on any atom is -0.505 e. The van der Waals surface area contributed by atoms with Gasteiger partial charge in [0.15, 0.2) is 23.6 Å². The highest BCUT2D eigenvalue weighted by molar-refractivity contribution is 5.90. The van der Waals surface area contributed by atoms with Gasteiger partial charge in [-0.3, -0.25) is 0 Å². The quantitative estimate of drug-likeness (QED) is 0.484. The minimum atomic E-state index is -1.45. The summed E-state index contributed by atoms with van der Waals surface area (Å²) in [5.41, 5.74) is 8.74. The molecular weight excluding hydrogens is 436 g/mol. The fraction of sp³-hybridized carbons (Fsp3) is 0.474. The van der Waals surface area contributed by atoms with E-state index >= 15 is 0 Å². The Morgan fingerprint density at radius 3 is 2.52 bits per heavy atom. The molecule has 1 aliphatic rings. The van der Waals surface area contributed by atoms with E-state index in [9.17, 15) is 19.8 Å². The highest BCUT2D eigenvalue weighted by atomic mass is 35.5. The van der Waals surface area contributed by atoms with E-state index in [0.29, 0.717) is 5.56 Å². The lowest BCUT2D eigenvalue weighted by atomic mass is 9.89. The molecule has 0 bridgehead atoms. The van der Waals surface area contributed by atoms with Crippen molar-refractivity contribution >= 4 is 35.2 Å². The van der Waals surface area contributed by atoms with Crippen LogP contribution < -0.4 is 21.8 Å². The first-order valence-corrected chi connectivity index (χ1v) is 9.04. The number of amides is 1. The van der Waals surface area contributed by atoms with Crippen LogP contribution in [0.4, 0.5) is 10.5 Å². The zero-order valence-corrected chi connectivity index (χ0v) is 18.1. The van der Waals surface area contributed by atoms with E-state index in [1.165, 1.54) is 19.2 Å². The second kappa shape index (κ2) is 8.79. The standard InChI is InChI=1S/C19H24N2O9.ClH/c1-7-9(6-5-8-11(22)10(20)16(24)28-13(7)8)27-17-12(23)14(29-18(21)25)15(26-4)19(2,3)30-17;/h5-6,12,14-15,17,22-23H,20H2,1-4H3,(H2,21,25);1H/t12-,14+,15-,17-;/m1./s1. The molecule has 31 heavy (non-hydrogen) atoms. The zero-order chi connectivity index (χ0) is 22.4. The van der Waals surface area contributed by atoms with Crippen LogP contribution in [-0.2, 0) is 14.2 Å². The maximum atomic E-state index is 11.8. The number of aryl methyl sites for hydroxylation is 1. The number of anilines is 1. The maximum Gasteiger partial charge on any atom is 0.404 e. The van der Waals surface area contributed by atoms with Gasteiger partial charge in [-0.2, -0.15) is 0 Å². The Hall–Kier alpha value is -2.73.